The number of hydrogen-bond donors (Lipinski definition) is 3. The van der Waals surface area contributed by atoms with Crippen molar-refractivity contribution in [3.8, 4) is 0 Å². The SMILES string of the molecule is I.NC(=NCc1ccc(S(=O)(=O)NC2CC2)cc1)NCCc1ccccn1. The number of nitrogens with one attached hydrogen (secondary N) is 2. The maximum atomic E-state index is 12.1. The molecular weight excluding hydrogens is 477 g/mol. The van der Waals surface area contributed by atoms with Crippen LogP contribution in [0.25, 0.3) is 0 Å². The fourth-order valence-electron chi connectivity index (χ4n) is 2.36. The largest absolute Gasteiger partial charge is 0.370 e. The molecule has 0 unspecified atom stereocenters. The molecule has 0 aliphatic heterocycles. The number of nitrogens with two attached hydrogens (primary N) is 1. The van der Waals surface area contributed by atoms with Gasteiger partial charge in [-0.15, -0.1) is 24.0 Å². The Labute approximate surface area is 176 Å². The zero-order chi connectivity index (χ0) is 18.4. The number of pyridine rings is 1. The number of aromatic nitrogens is 1. The number of rotatable bonds is 8. The van der Waals surface area contributed by atoms with Crippen LogP contribution in [0, 0.1) is 0 Å². The van der Waals surface area contributed by atoms with Crippen molar-refractivity contribution >= 4 is 40.0 Å². The highest BCUT2D eigenvalue weighted by molar-refractivity contribution is 14.0. The van der Waals surface area contributed by atoms with Crippen LogP contribution in [0.4, 0.5) is 0 Å². The van der Waals surface area contributed by atoms with Gasteiger partial charge in [-0.25, -0.2) is 18.1 Å². The molecule has 1 aromatic heterocycles. The van der Waals surface area contributed by atoms with Crippen LogP contribution in [0.3, 0.4) is 0 Å². The van der Waals surface area contributed by atoms with Crippen molar-refractivity contribution in [3.05, 3.63) is 59.9 Å². The number of hydrogen-bond acceptors (Lipinski definition) is 4. The molecule has 146 valence electrons. The normalized spacial score (nSPS) is 14.4. The lowest BCUT2D eigenvalue weighted by molar-refractivity contribution is 0.581. The van der Waals surface area contributed by atoms with Gasteiger partial charge in [0.15, 0.2) is 5.96 Å². The Morgan fingerprint density at radius 1 is 1.19 bits per heavy atom. The van der Waals surface area contributed by atoms with Gasteiger partial charge in [0.25, 0.3) is 0 Å². The standard InChI is InChI=1S/C18H23N5O2S.HI/c19-18(21-12-10-15-3-1-2-11-20-15)22-13-14-4-8-17(9-5-14)26(24,25)23-16-6-7-16;/h1-5,8-9,11,16,23H,6-7,10,12-13H2,(H3,19,21,22);1H. The fourth-order valence-corrected chi connectivity index (χ4v) is 3.66. The van der Waals surface area contributed by atoms with Gasteiger partial charge in [-0.3, -0.25) is 4.98 Å². The number of sulfonamides is 1. The molecule has 0 radical (unpaired) electrons. The summed E-state index contributed by atoms with van der Waals surface area (Å²) < 4.78 is 26.9. The molecule has 1 fully saturated rings. The number of guanidine groups is 1. The van der Waals surface area contributed by atoms with Crippen molar-refractivity contribution in [3.63, 3.8) is 0 Å². The quantitative estimate of drug-likeness (QED) is 0.290. The lowest BCUT2D eigenvalue weighted by atomic mass is 10.2. The summed E-state index contributed by atoms with van der Waals surface area (Å²) in [6.07, 6.45) is 4.35. The van der Waals surface area contributed by atoms with Crippen LogP contribution in [0.1, 0.15) is 24.1 Å². The van der Waals surface area contributed by atoms with E-state index in [0.717, 1.165) is 30.5 Å². The van der Waals surface area contributed by atoms with Crippen LogP contribution in [-0.2, 0) is 23.0 Å². The van der Waals surface area contributed by atoms with Crippen LogP contribution < -0.4 is 15.8 Å². The minimum absolute atomic E-state index is 0. The summed E-state index contributed by atoms with van der Waals surface area (Å²) in [5, 5.41) is 3.05. The number of benzene rings is 1. The highest BCUT2D eigenvalue weighted by atomic mass is 127. The summed E-state index contributed by atoms with van der Waals surface area (Å²) in [5.41, 5.74) is 7.74. The van der Waals surface area contributed by atoms with Gasteiger partial charge in [-0.1, -0.05) is 18.2 Å². The van der Waals surface area contributed by atoms with Gasteiger partial charge in [0.2, 0.25) is 10.0 Å². The Kier molecular flexibility index (Phi) is 7.99. The fraction of sp³-hybridized carbons (Fsp3) is 0.333. The van der Waals surface area contributed by atoms with Crippen molar-refractivity contribution < 1.29 is 8.42 Å². The maximum absolute atomic E-state index is 12.1. The second kappa shape index (κ2) is 10.00. The van der Waals surface area contributed by atoms with E-state index in [2.05, 4.69) is 20.0 Å². The van der Waals surface area contributed by atoms with Gasteiger partial charge in [-0.2, -0.15) is 0 Å². The molecule has 0 amide bonds. The minimum Gasteiger partial charge on any atom is -0.370 e. The van der Waals surface area contributed by atoms with E-state index in [9.17, 15) is 8.42 Å². The predicted octanol–water partition coefficient (Wildman–Crippen LogP) is 1.79. The average molecular weight is 501 g/mol. The van der Waals surface area contributed by atoms with Crippen LogP contribution >= 0.6 is 24.0 Å². The summed E-state index contributed by atoms with van der Waals surface area (Å²) in [4.78, 5) is 8.79. The molecule has 7 nitrogen and oxygen atoms in total. The first-order valence-corrected chi connectivity index (χ1v) is 10.1. The number of nitrogens with zero attached hydrogens (tertiary/aromatic N) is 2. The lowest BCUT2D eigenvalue weighted by Crippen LogP contribution is -2.33. The molecule has 1 saturated carbocycles. The van der Waals surface area contributed by atoms with Gasteiger partial charge in [0, 0.05) is 30.9 Å². The predicted molar refractivity (Wildman–Crippen MR) is 116 cm³/mol. The minimum atomic E-state index is -3.41. The highest BCUT2D eigenvalue weighted by Crippen LogP contribution is 2.22. The van der Waals surface area contributed by atoms with Crippen molar-refractivity contribution in [2.75, 3.05) is 6.54 Å². The Balaban J connectivity index is 0.00000261. The van der Waals surface area contributed by atoms with E-state index in [4.69, 9.17) is 5.73 Å². The molecule has 0 atom stereocenters. The molecular formula is C18H24IN5O2S. The molecule has 1 aromatic carbocycles. The van der Waals surface area contributed by atoms with E-state index in [1.165, 1.54) is 0 Å². The molecule has 1 aliphatic rings. The average Bonchev–Trinajstić information content (AvgIpc) is 3.44. The van der Waals surface area contributed by atoms with Crippen molar-refractivity contribution in [1.82, 2.24) is 15.0 Å². The highest BCUT2D eigenvalue weighted by Gasteiger charge is 2.27. The van der Waals surface area contributed by atoms with E-state index >= 15 is 0 Å². The lowest BCUT2D eigenvalue weighted by Gasteiger charge is -2.07. The monoisotopic (exact) mass is 501 g/mol. The first kappa shape index (κ1) is 21.6. The van der Waals surface area contributed by atoms with Crippen LogP contribution in [-0.4, -0.2) is 31.9 Å². The molecule has 3 rings (SSSR count). The topological polar surface area (TPSA) is 109 Å². The van der Waals surface area contributed by atoms with Crippen LogP contribution in [0.15, 0.2) is 58.5 Å². The molecule has 0 spiro atoms. The molecule has 1 aliphatic carbocycles. The first-order valence-electron chi connectivity index (χ1n) is 8.58. The Morgan fingerprint density at radius 3 is 2.56 bits per heavy atom. The second-order valence-electron chi connectivity index (χ2n) is 6.24. The van der Waals surface area contributed by atoms with E-state index in [1.54, 1.807) is 30.5 Å². The third kappa shape index (κ3) is 7.07. The summed E-state index contributed by atoms with van der Waals surface area (Å²) in [5.74, 6) is 0.355. The number of aliphatic imine (C=N–C) groups is 1. The van der Waals surface area contributed by atoms with Crippen LogP contribution in [0.5, 0.6) is 0 Å². The Bertz CT molecular complexity index is 853. The van der Waals surface area contributed by atoms with E-state index in [0.29, 0.717) is 19.0 Å². The summed E-state index contributed by atoms with van der Waals surface area (Å²) in [7, 11) is -3.41. The smallest absolute Gasteiger partial charge is 0.240 e. The molecule has 0 saturated heterocycles. The molecule has 27 heavy (non-hydrogen) atoms. The second-order valence-corrected chi connectivity index (χ2v) is 7.95. The summed E-state index contributed by atoms with van der Waals surface area (Å²) >= 11 is 0. The number of halogens is 1. The van der Waals surface area contributed by atoms with Gasteiger partial charge in [-0.05, 0) is 42.7 Å². The summed E-state index contributed by atoms with van der Waals surface area (Å²) in [6, 6.07) is 12.6. The van der Waals surface area contributed by atoms with Gasteiger partial charge >= 0.3 is 0 Å². The third-order valence-corrected chi connectivity index (χ3v) is 5.51. The zero-order valence-electron chi connectivity index (χ0n) is 14.8. The molecule has 1 heterocycles. The Morgan fingerprint density at radius 2 is 1.93 bits per heavy atom. The third-order valence-electron chi connectivity index (χ3n) is 3.98. The van der Waals surface area contributed by atoms with E-state index in [1.807, 2.05) is 18.2 Å². The molecule has 4 N–H and O–H groups in total. The summed E-state index contributed by atoms with van der Waals surface area (Å²) in [6.45, 7) is 1.04. The van der Waals surface area contributed by atoms with Gasteiger partial charge in [0.1, 0.15) is 0 Å². The zero-order valence-corrected chi connectivity index (χ0v) is 18.0. The van der Waals surface area contributed by atoms with Gasteiger partial charge in [0.05, 0.1) is 11.4 Å². The van der Waals surface area contributed by atoms with E-state index < -0.39 is 10.0 Å². The van der Waals surface area contributed by atoms with E-state index in [-0.39, 0.29) is 34.9 Å². The molecule has 9 heteroatoms. The first-order chi connectivity index (χ1) is 12.5. The molecule has 0 bridgehead atoms. The van der Waals surface area contributed by atoms with Gasteiger partial charge < -0.3 is 11.1 Å². The van der Waals surface area contributed by atoms with Crippen molar-refractivity contribution in [2.45, 2.75) is 36.7 Å². The van der Waals surface area contributed by atoms with Crippen molar-refractivity contribution in [2.24, 2.45) is 10.7 Å². The Hall–Kier alpha value is -1.72. The van der Waals surface area contributed by atoms with Crippen LogP contribution in [0.2, 0.25) is 0 Å². The molecule has 2 aromatic rings. The van der Waals surface area contributed by atoms with Crippen molar-refractivity contribution in [1.29, 1.82) is 0 Å². The maximum Gasteiger partial charge on any atom is 0.240 e.